The molecular formula is C14H6BrF2N3. The van der Waals surface area contributed by atoms with Gasteiger partial charge in [-0.25, -0.2) is 8.78 Å². The molecule has 0 saturated heterocycles. The Bertz CT molecular complexity index is 737. The Morgan fingerprint density at radius 1 is 1.00 bits per heavy atom. The maximum Gasteiger partial charge on any atom is 0.150 e. The first kappa shape index (κ1) is 14.0. The van der Waals surface area contributed by atoms with Crippen molar-refractivity contribution in [3.05, 3.63) is 57.6 Å². The van der Waals surface area contributed by atoms with E-state index in [1.54, 1.807) is 12.1 Å². The average Bonchev–Trinajstić information content (AvgIpc) is 2.43. The van der Waals surface area contributed by atoms with Gasteiger partial charge in [0.25, 0.3) is 0 Å². The van der Waals surface area contributed by atoms with Crippen LogP contribution in [0.1, 0.15) is 11.1 Å². The van der Waals surface area contributed by atoms with Crippen LogP contribution < -0.4 is 5.32 Å². The molecule has 20 heavy (non-hydrogen) atoms. The van der Waals surface area contributed by atoms with E-state index in [9.17, 15) is 8.78 Å². The third-order valence-electron chi connectivity index (χ3n) is 2.53. The van der Waals surface area contributed by atoms with Crippen molar-refractivity contribution in [1.29, 1.82) is 10.5 Å². The molecule has 2 aromatic carbocycles. The summed E-state index contributed by atoms with van der Waals surface area (Å²) in [7, 11) is 0. The molecule has 3 nitrogen and oxygen atoms in total. The molecule has 0 aliphatic carbocycles. The van der Waals surface area contributed by atoms with Gasteiger partial charge >= 0.3 is 0 Å². The molecule has 6 heteroatoms. The van der Waals surface area contributed by atoms with Gasteiger partial charge in [0.15, 0.2) is 11.6 Å². The zero-order chi connectivity index (χ0) is 14.7. The minimum Gasteiger partial charge on any atom is -0.350 e. The summed E-state index contributed by atoms with van der Waals surface area (Å²) in [6.45, 7) is 0. The van der Waals surface area contributed by atoms with Crippen molar-refractivity contribution in [3.63, 3.8) is 0 Å². The second kappa shape index (κ2) is 5.68. The number of nitriles is 2. The quantitative estimate of drug-likeness (QED) is 0.895. The lowest BCUT2D eigenvalue weighted by atomic mass is 10.1. The number of benzene rings is 2. The molecule has 0 fully saturated rings. The summed E-state index contributed by atoms with van der Waals surface area (Å²) in [4.78, 5) is 0. The Labute approximate surface area is 122 Å². The molecule has 0 atom stereocenters. The number of halogens is 3. The number of nitrogens with zero attached hydrogens (tertiary/aromatic N) is 2. The van der Waals surface area contributed by atoms with E-state index >= 15 is 0 Å². The minimum absolute atomic E-state index is 0.109. The normalized spacial score (nSPS) is 9.65. The van der Waals surface area contributed by atoms with Crippen LogP contribution >= 0.6 is 15.9 Å². The lowest BCUT2D eigenvalue weighted by Gasteiger charge is -2.10. The van der Waals surface area contributed by atoms with E-state index in [1.807, 2.05) is 6.07 Å². The molecular weight excluding hydrogens is 328 g/mol. The third-order valence-corrected chi connectivity index (χ3v) is 3.03. The fourth-order valence-electron chi connectivity index (χ4n) is 1.61. The maximum atomic E-state index is 13.8. The molecule has 0 unspecified atom stereocenters. The van der Waals surface area contributed by atoms with Crippen molar-refractivity contribution in [2.24, 2.45) is 0 Å². The topological polar surface area (TPSA) is 59.6 Å². The van der Waals surface area contributed by atoms with Gasteiger partial charge in [0.1, 0.15) is 11.8 Å². The number of nitrogens with one attached hydrogen (secondary N) is 1. The highest BCUT2D eigenvalue weighted by Crippen LogP contribution is 2.28. The smallest absolute Gasteiger partial charge is 0.150 e. The van der Waals surface area contributed by atoms with Crippen LogP contribution in [0.4, 0.5) is 20.2 Å². The molecule has 0 spiro atoms. The van der Waals surface area contributed by atoms with Crippen molar-refractivity contribution in [3.8, 4) is 12.1 Å². The molecule has 0 amide bonds. The molecule has 0 bridgehead atoms. The van der Waals surface area contributed by atoms with Gasteiger partial charge in [-0.2, -0.15) is 10.5 Å². The highest BCUT2D eigenvalue weighted by atomic mass is 79.9. The van der Waals surface area contributed by atoms with Gasteiger partial charge in [-0.3, -0.25) is 0 Å². The van der Waals surface area contributed by atoms with E-state index in [-0.39, 0.29) is 16.8 Å². The molecule has 0 aromatic heterocycles. The molecule has 0 aliphatic rings. The third kappa shape index (κ3) is 2.76. The van der Waals surface area contributed by atoms with Gasteiger partial charge in [-0.15, -0.1) is 0 Å². The van der Waals surface area contributed by atoms with Gasteiger partial charge in [0.05, 0.1) is 22.9 Å². The van der Waals surface area contributed by atoms with Gasteiger partial charge < -0.3 is 5.32 Å². The highest BCUT2D eigenvalue weighted by molar-refractivity contribution is 9.10. The van der Waals surface area contributed by atoms with Crippen LogP contribution in [-0.4, -0.2) is 0 Å². The summed E-state index contributed by atoms with van der Waals surface area (Å²) in [5.41, 5.74) is 0.00503. The summed E-state index contributed by atoms with van der Waals surface area (Å²) in [6, 6.07) is 10.1. The molecule has 1 N–H and O–H groups in total. The van der Waals surface area contributed by atoms with E-state index in [0.29, 0.717) is 4.47 Å². The first-order valence-corrected chi connectivity index (χ1v) is 6.20. The fourth-order valence-corrected chi connectivity index (χ4v) is 1.97. The average molecular weight is 334 g/mol. The Kier molecular flexibility index (Phi) is 3.97. The summed E-state index contributed by atoms with van der Waals surface area (Å²) < 4.78 is 28.2. The van der Waals surface area contributed by atoms with E-state index in [2.05, 4.69) is 21.2 Å². The standard InChI is InChI=1S/C14H6BrF2N3/c15-10-1-2-13(9(5-10)7-19)20-14-11(16)3-8(6-18)4-12(14)17/h1-5,20H. The first-order chi connectivity index (χ1) is 9.55. The van der Waals surface area contributed by atoms with Crippen LogP contribution in [0.2, 0.25) is 0 Å². The fraction of sp³-hybridized carbons (Fsp3) is 0. The van der Waals surface area contributed by atoms with Crippen LogP contribution in [0.3, 0.4) is 0 Å². The van der Waals surface area contributed by atoms with Crippen molar-refractivity contribution >= 4 is 27.3 Å². The van der Waals surface area contributed by atoms with Crippen molar-refractivity contribution < 1.29 is 8.78 Å². The predicted molar refractivity (Wildman–Crippen MR) is 73.2 cm³/mol. The van der Waals surface area contributed by atoms with Crippen LogP contribution in [0.15, 0.2) is 34.8 Å². The van der Waals surface area contributed by atoms with Gasteiger partial charge in [0.2, 0.25) is 0 Å². The second-order valence-corrected chi connectivity index (χ2v) is 4.77. The van der Waals surface area contributed by atoms with E-state index in [1.165, 1.54) is 12.1 Å². The highest BCUT2D eigenvalue weighted by Gasteiger charge is 2.13. The SMILES string of the molecule is N#Cc1cc(F)c(Nc2ccc(Br)cc2C#N)c(F)c1. The summed E-state index contributed by atoms with van der Waals surface area (Å²) >= 11 is 3.21. The summed E-state index contributed by atoms with van der Waals surface area (Å²) in [5, 5.41) is 20.2. The zero-order valence-corrected chi connectivity index (χ0v) is 11.5. The maximum absolute atomic E-state index is 13.8. The van der Waals surface area contributed by atoms with Crippen molar-refractivity contribution in [1.82, 2.24) is 0 Å². The van der Waals surface area contributed by atoms with Gasteiger partial charge in [-0.05, 0) is 30.3 Å². The van der Waals surface area contributed by atoms with Crippen molar-refractivity contribution in [2.75, 3.05) is 5.32 Å². The first-order valence-electron chi connectivity index (χ1n) is 5.41. The molecule has 0 heterocycles. The number of hydrogen-bond acceptors (Lipinski definition) is 3. The number of anilines is 2. The second-order valence-electron chi connectivity index (χ2n) is 3.85. The largest absolute Gasteiger partial charge is 0.350 e. The predicted octanol–water partition coefficient (Wildman–Crippen LogP) is 4.21. The van der Waals surface area contributed by atoms with Crippen molar-refractivity contribution in [2.45, 2.75) is 0 Å². The van der Waals surface area contributed by atoms with Crippen LogP contribution in [0.25, 0.3) is 0 Å². The van der Waals surface area contributed by atoms with Crippen LogP contribution in [-0.2, 0) is 0 Å². The summed E-state index contributed by atoms with van der Waals surface area (Å²) in [5.74, 6) is -1.79. The molecule has 2 rings (SSSR count). The van der Waals surface area contributed by atoms with Crippen LogP contribution in [0.5, 0.6) is 0 Å². The molecule has 98 valence electrons. The zero-order valence-electron chi connectivity index (χ0n) is 9.92. The molecule has 0 saturated carbocycles. The lowest BCUT2D eigenvalue weighted by Crippen LogP contribution is -2.00. The Hall–Kier alpha value is -2.44. The molecule has 0 aliphatic heterocycles. The Morgan fingerprint density at radius 2 is 1.65 bits per heavy atom. The monoisotopic (exact) mass is 333 g/mol. The van der Waals surface area contributed by atoms with Crippen LogP contribution in [0, 0.1) is 34.3 Å². The van der Waals surface area contributed by atoms with E-state index < -0.39 is 17.3 Å². The van der Waals surface area contributed by atoms with Gasteiger partial charge in [0, 0.05) is 4.47 Å². The Morgan fingerprint density at radius 3 is 2.20 bits per heavy atom. The number of rotatable bonds is 2. The minimum atomic E-state index is -0.895. The lowest BCUT2D eigenvalue weighted by molar-refractivity contribution is 0.590. The molecule has 2 aromatic rings. The van der Waals surface area contributed by atoms with E-state index in [0.717, 1.165) is 12.1 Å². The molecule has 0 radical (unpaired) electrons. The Balaban J connectivity index is 2.46. The van der Waals surface area contributed by atoms with E-state index in [4.69, 9.17) is 10.5 Å². The van der Waals surface area contributed by atoms with Gasteiger partial charge in [-0.1, -0.05) is 15.9 Å². The summed E-state index contributed by atoms with van der Waals surface area (Å²) in [6.07, 6.45) is 0. The number of hydrogen-bond donors (Lipinski definition) is 1.